The van der Waals surface area contributed by atoms with E-state index in [1.807, 2.05) is 0 Å². The molecule has 1 aromatic rings. The molecule has 0 saturated heterocycles. The van der Waals surface area contributed by atoms with E-state index in [-0.39, 0.29) is 11.3 Å². The van der Waals surface area contributed by atoms with Crippen LogP contribution in [0.3, 0.4) is 0 Å². The van der Waals surface area contributed by atoms with Crippen LogP contribution >= 0.6 is 0 Å². The molecule has 1 aromatic carbocycles. The number of benzene rings is 1. The van der Waals surface area contributed by atoms with Crippen molar-refractivity contribution in [2.45, 2.75) is 32.2 Å². The second-order valence-corrected chi connectivity index (χ2v) is 4.85. The van der Waals surface area contributed by atoms with E-state index >= 15 is 0 Å². The third-order valence-electron chi connectivity index (χ3n) is 3.19. The number of alkyl halides is 3. The first-order chi connectivity index (χ1) is 9.77. The molecule has 4 nitrogen and oxygen atoms in total. The van der Waals surface area contributed by atoms with E-state index < -0.39 is 18.0 Å². The third kappa shape index (κ3) is 3.75. The molecular weight excluding hydrogens is 285 g/mol. The van der Waals surface area contributed by atoms with Crippen molar-refractivity contribution in [2.24, 2.45) is 5.10 Å². The van der Waals surface area contributed by atoms with Crippen molar-refractivity contribution in [2.75, 3.05) is 0 Å². The standard InChI is InChI=1S/C14H15F3N2O2/c1-8-6-9(3-5-11(8)14(15,16)17)2-4-10-7-12(20)13(21)19-18-10/h3,5-7,13,19-21H,2,4H2,1H3. The first kappa shape index (κ1) is 15.4. The summed E-state index contributed by atoms with van der Waals surface area (Å²) >= 11 is 0. The molecule has 7 heteroatoms. The van der Waals surface area contributed by atoms with Crippen molar-refractivity contribution in [3.05, 3.63) is 46.7 Å². The number of aryl methyl sites for hydroxylation is 2. The molecule has 114 valence electrons. The zero-order chi connectivity index (χ0) is 15.6. The molecule has 2 rings (SSSR count). The fraction of sp³-hybridized carbons (Fsp3) is 0.357. The molecule has 0 bridgehead atoms. The maximum atomic E-state index is 12.7. The summed E-state index contributed by atoms with van der Waals surface area (Å²) in [5, 5.41) is 22.4. The van der Waals surface area contributed by atoms with Crippen LogP contribution in [0.15, 0.2) is 35.1 Å². The Kier molecular flexibility index (Phi) is 4.22. The molecule has 1 atom stereocenters. The van der Waals surface area contributed by atoms with E-state index in [4.69, 9.17) is 0 Å². The summed E-state index contributed by atoms with van der Waals surface area (Å²) in [5.41, 5.74) is 3.15. The molecule has 0 amide bonds. The summed E-state index contributed by atoms with van der Waals surface area (Å²) in [4.78, 5) is 0. The normalized spacial score (nSPS) is 18.8. The van der Waals surface area contributed by atoms with Crippen LogP contribution in [0, 0.1) is 6.92 Å². The maximum absolute atomic E-state index is 12.7. The van der Waals surface area contributed by atoms with E-state index in [2.05, 4.69) is 10.5 Å². The molecule has 0 saturated carbocycles. The zero-order valence-electron chi connectivity index (χ0n) is 11.3. The highest BCUT2D eigenvalue weighted by Crippen LogP contribution is 2.32. The number of aliphatic hydroxyl groups excluding tert-OH is 2. The van der Waals surface area contributed by atoms with Crippen molar-refractivity contribution in [3.63, 3.8) is 0 Å². The molecule has 3 N–H and O–H groups in total. The molecule has 1 heterocycles. The number of hydrogen-bond donors (Lipinski definition) is 3. The van der Waals surface area contributed by atoms with Crippen LogP contribution in [-0.4, -0.2) is 22.2 Å². The average molecular weight is 300 g/mol. The number of rotatable bonds is 3. The largest absolute Gasteiger partial charge is 0.507 e. The van der Waals surface area contributed by atoms with Crippen LogP contribution in [0.2, 0.25) is 0 Å². The second kappa shape index (κ2) is 5.77. The number of nitrogens with one attached hydrogen (secondary N) is 1. The quantitative estimate of drug-likeness (QED) is 0.804. The van der Waals surface area contributed by atoms with Gasteiger partial charge in [0.05, 0.1) is 11.3 Å². The fourth-order valence-electron chi connectivity index (χ4n) is 2.09. The van der Waals surface area contributed by atoms with E-state index in [1.54, 1.807) is 0 Å². The SMILES string of the molecule is Cc1cc(CCC2=NNC(O)C(O)=C2)ccc1C(F)(F)F. The number of allylic oxidation sites excluding steroid dienone is 1. The van der Waals surface area contributed by atoms with Gasteiger partial charge in [0.15, 0.2) is 6.23 Å². The van der Waals surface area contributed by atoms with Gasteiger partial charge < -0.3 is 10.2 Å². The Balaban J connectivity index is 2.04. The van der Waals surface area contributed by atoms with Gasteiger partial charge in [-0.2, -0.15) is 18.3 Å². The maximum Gasteiger partial charge on any atom is 0.416 e. The number of nitrogens with zero attached hydrogens (tertiary/aromatic N) is 1. The lowest BCUT2D eigenvalue weighted by Crippen LogP contribution is -2.31. The predicted molar refractivity (Wildman–Crippen MR) is 71.8 cm³/mol. The lowest BCUT2D eigenvalue weighted by molar-refractivity contribution is -0.138. The molecular formula is C14H15F3N2O2. The lowest BCUT2D eigenvalue weighted by atomic mass is 10.0. The minimum atomic E-state index is -4.34. The summed E-state index contributed by atoms with van der Waals surface area (Å²) in [6, 6.07) is 4.01. The van der Waals surface area contributed by atoms with Crippen molar-refractivity contribution >= 4 is 5.71 Å². The van der Waals surface area contributed by atoms with Gasteiger partial charge in [-0.15, -0.1) is 0 Å². The summed E-state index contributed by atoms with van der Waals surface area (Å²) in [7, 11) is 0. The van der Waals surface area contributed by atoms with Gasteiger partial charge in [-0.1, -0.05) is 12.1 Å². The molecule has 0 radical (unpaired) electrons. The minimum absolute atomic E-state index is 0.178. The molecule has 0 spiro atoms. The van der Waals surface area contributed by atoms with Gasteiger partial charge in [0.25, 0.3) is 0 Å². The van der Waals surface area contributed by atoms with Crippen LogP contribution in [0.4, 0.5) is 13.2 Å². The Bertz CT molecular complexity index is 594. The summed E-state index contributed by atoms with van der Waals surface area (Å²) in [5.74, 6) is -0.233. The number of hydrazone groups is 1. The highest BCUT2D eigenvalue weighted by atomic mass is 19.4. The molecule has 0 aliphatic carbocycles. The van der Waals surface area contributed by atoms with Gasteiger partial charge in [0.1, 0.15) is 5.76 Å². The van der Waals surface area contributed by atoms with Gasteiger partial charge in [-0.05, 0) is 37.0 Å². The second-order valence-electron chi connectivity index (χ2n) is 4.85. The predicted octanol–water partition coefficient (Wildman–Crippen LogP) is 2.67. The number of hydrogen-bond acceptors (Lipinski definition) is 4. The van der Waals surface area contributed by atoms with Gasteiger partial charge in [-0.25, -0.2) is 0 Å². The molecule has 0 aromatic heterocycles. The van der Waals surface area contributed by atoms with Gasteiger partial charge in [0.2, 0.25) is 0 Å². The summed E-state index contributed by atoms with van der Waals surface area (Å²) in [6.45, 7) is 1.42. The van der Waals surface area contributed by atoms with Gasteiger partial charge >= 0.3 is 6.18 Å². The summed E-state index contributed by atoms with van der Waals surface area (Å²) in [6.07, 6.45) is -3.28. The van der Waals surface area contributed by atoms with Crippen molar-refractivity contribution in [3.8, 4) is 0 Å². The molecule has 0 fully saturated rings. The van der Waals surface area contributed by atoms with Crippen LogP contribution in [0.5, 0.6) is 0 Å². The Morgan fingerprint density at radius 2 is 2.00 bits per heavy atom. The summed E-state index contributed by atoms with van der Waals surface area (Å²) < 4.78 is 38.0. The first-order valence-electron chi connectivity index (χ1n) is 6.35. The lowest BCUT2D eigenvalue weighted by Gasteiger charge is -2.16. The average Bonchev–Trinajstić information content (AvgIpc) is 2.39. The zero-order valence-corrected chi connectivity index (χ0v) is 11.3. The van der Waals surface area contributed by atoms with Crippen molar-refractivity contribution < 1.29 is 23.4 Å². The molecule has 1 aliphatic rings. The van der Waals surface area contributed by atoms with Crippen molar-refractivity contribution in [1.82, 2.24) is 5.43 Å². The van der Waals surface area contributed by atoms with Gasteiger partial charge in [-0.3, -0.25) is 5.43 Å². The van der Waals surface area contributed by atoms with Crippen LogP contribution in [0.1, 0.15) is 23.1 Å². The van der Waals surface area contributed by atoms with E-state index in [0.29, 0.717) is 18.6 Å². The minimum Gasteiger partial charge on any atom is -0.507 e. The highest BCUT2D eigenvalue weighted by molar-refractivity contribution is 5.95. The van der Waals surface area contributed by atoms with Crippen molar-refractivity contribution in [1.29, 1.82) is 0 Å². The van der Waals surface area contributed by atoms with E-state index in [9.17, 15) is 23.4 Å². The Labute approximate surface area is 119 Å². The van der Waals surface area contributed by atoms with Crippen LogP contribution < -0.4 is 5.43 Å². The monoisotopic (exact) mass is 300 g/mol. The molecule has 1 aliphatic heterocycles. The van der Waals surface area contributed by atoms with Crippen LogP contribution in [0.25, 0.3) is 0 Å². The number of halogens is 3. The third-order valence-corrected chi connectivity index (χ3v) is 3.19. The van der Waals surface area contributed by atoms with Gasteiger partial charge in [0, 0.05) is 6.08 Å². The fourth-order valence-corrected chi connectivity index (χ4v) is 2.09. The van der Waals surface area contributed by atoms with E-state index in [0.717, 1.165) is 11.6 Å². The first-order valence-corrected chi connectivity index (χ1v) is 6.35. The Morgan fingerprint density at radius 3 is 2.57 bits per heavy atom. The molecule has 21 heavy (non-hydrogen) atoms. The smallest absolute Gasteiger partial charge is 0.416 e. The topological polar surface area (TPSA) is 64.9 Å². The van der Waals surface area contributed by atoms with E-state index in [1.165, 1.54) is 25.1 Å². The number of aliphatic hydroxyl groups is 2. The van der Waals surface area contributed by atoms with Crippen LogP contribution in [-0.2, 0) is 12.6 Å². The Morgan fingerprint density at radius 1 is 1.29 bits per heavy atom. The highest BCUT2D eigenvalue weighted by Gasteiger charge is 2.32. The molecule has 1 unspecified atom stereocenters. The Hall–Kier alpha value is -2.02.